The van der Waals surface area contributed by atoms with Crippen molar-refractivity contribution in [1.82, 2.24) is 15.5 Å². The summed E-state index contributed by atoms with van der Waals surface area (Å²) in [5, 5.41) is 7.22. The molecular formula is C10H16ClN3O2. The van der Waals surface area contributed by atoms with Crippen LogP contribution in [0.5, 0.6) is 0 Å². The topological polar surface area (TPSA) is 60.2 Å². The zero-order valence-corrected chi connectivity index (χ0v) is 9.83. The quantitative estimate of drug-likeness (QED) is 0.864. The third-order valence-electron chi connectivity index (χ3n) is 2.86. The summed E-state index contributed by atoms with van der Waals surface area (Å²) in [5.41, 5.74) is 0. The Bertz CT molecular complexity index is 335. The molecule has 0 radical (unpaired) electrons. The van der Waals surface area contributed by atoms with Crippen LogP contribution in [-0.2, 0) is 11.2 Å². The molecular weight excluding hydrogens is 230 g/mol. The molecule has 1 N–H and O–H groups in total. The van der Waals surface area contributed by atoms with Gasteiger partial charge in [-0.2, -0.15) is 4.98 Å². The number of morpholine rings is 1. The van der Waals surface area contributed by atoms with Gasteiger partial charge in [-0.1, -0.05) is 5.16 Å². The zero-order valence-electron chi connectivity index (χ0n) is 9.02. The summed E-state index contributed by atoms with van der Waals surface area (Å²) in [4.78, 5) is 4.37. The molecule has 1 saturated carbocycles. The van der Waals surface area contributed by atoms with Gasteiger partial charge in [-0.3, -0.25) is 0 Å². The largest absolute Gasteiger partial charge is 0.366 e. The lowest BCUT2D eigenvalue weighted by Crippen LogP contribution is -2.33. The molecule has 5 nitrogen and oxygen atoms in total. The summed E-state index contributed by atoms with van der Waals surface area (Å²) in [6, 6.07) is 0. The lowest BCUT2D eigenvalue weighted by molar-refractivity contribution is 0.00755. The minimum absolute atomic E-state index is 0. The molecule has 2 fully saturated rings. The van der Waals surface area contributed by atoms with Crippen molar-refractivity contribution in [3.63, 3.8) is 0 Å². The fourth-order valence-corrected chi connectivity index (χ4v) is 1.79. The summed E-state index contributed by atoms with van der Waals surface area (Å²) in [6.07, 6.45) is 3.53. The van der Waals surface area contributed by atoms with Crippen LogP contribution < -0.4 is 5.32 Å². The van der Waals surface area contributed by atoms with Crippen LogP contribution >= 0.6 is 12.4 Å². The SMILES string of the molecule is C1CO[C@@H](c2nc(CC3CC3)no2)CN1.Cl. The monoisotopic (exact) mass is 245 g/mol. The van der Waals surface area contributed by atoms with E-state index >= 15 is 0 Å². The molecule has 3 rings (SSSR count). The molecule has 1 saturated heterocycles. The van der Waals surface area contributed by atoms with Crippen molar-refractivity contribution >= 4 is 12.4 Å². The van der Waals surface area contributed by atoms with Crippen LogP contribution in [0.1, 0.15) is 30.7 Å². The average molecular weight is 246 g/mol. The second kappa shape index (κ2) is 5.12. The van der Waals surface area contributed by atoms with Crippen LogP contribution in [-0.4, -0.2) is 29.8 Å². The number of aromatic nitrogens is 2. The van der Waals surface area contributed by atoms with Gasteiger partial charge in [0.15, 0.2) is 5.82 Å². The van der Waals surface area contributed by atoms with Crippen molar-refractivity contribution in [2.45, 2.75) is 25.4 Å². The van der Waals surface area contributed by atoms with Gasteiger partial charge in [0.05, 0.1) is 6.61 Å². The molecule has 6 heteroatoms. The Morgan fingerprint density at radius 2 is 2.25 bits per heavy atom. The van der Waals surface area contributed by atoms with Gasteiger partial charge in [0, 0.05) is 19.5 Å². The van der Waals surface area contributed by atoms with E-state index in [4.69, 9.17) is 9.26 Å². The van der Waals surface area contributed by atoms with Gasteiger partial charge in [-0.05, 0) is 18.8 Å². The van der Waals surface area contributed by atoms with Crippen molar-refractivity contribution in [2.75, 3.05) is 19.7 Å². The minimum Gasteiger partial charge on any atom is -0.366 e. The van der Waals surface area contributed by atoms with Crippen molar-refractivity contribution in [3.8, 4) is 0 Å². The zero-order chi connectivity index (χ0) is 10.1. The molecule has 90 valence electrons. The first-order valence-electron chi connectivity index (χ1n) is 5.56. The Kier molecular flexibility index (Phi) is 3.78. The van der Waals surface area contributed by atoms with Crippen LogP contribution in [0.25, 0.3) is 0 Å². The Labute approximate surface area is 100 Å². The van der Waals surface area contributed by atoms with Crippen molar-refractivity contribution in [3.05, 3.63) is 11.7 Å². The van der Waals surface area contributed by atoms with E-state index in [9.17, 15) is 0 Å². The van der Waals surface area contributed by atoms with Gasteiger partial charge in [0.1, 0.15) is 6.10 Å². The number of halogens is 1. The second-order valence-corrected chi connectivity index (χ2v) is 4.26. The molecule has 0 aromatic carbocycles. The molecule has 0 spiro atoms. The van der Waals surface area contributed by atoms with E-state index in [1.807, 2.05) is 0 Å². The van der Waals surface area contributed by atoms with E-state index in [2.05, 4.69) is 15.5 Å². The summed E-state index contributed by atoms with van der Waals surface area (Å²) in [5.74, 6) is 2.25. The highest BCUT2D eigenvalue weighted by Crippen LogP contribution is 2.32. The lowest BCUT2D eigenvalue weighted by atomic mass is 10.3. The van der Waals surface area contributed by atoms with E-state index in [0.717, 1.165) is 31.3 Å². The summed E-state index contributed by atoms with van der Waals surface area (Å²) < 4.78 is 10.7. The molecule has 1 aliphatic heterocycles. The third kappa shape index (κ3) is 2.72. The molecule has 1 aromatic rings. The molecule has 1 aromatic heterocycles. The summed E-state index contributed by atoms with van der Waals surface area (Å²) in [6.45, 7) is 2.38. The van der Waals surface area contributed by atoms with Crippen LogP contribution in [0.2, 0.25) is 0 Å². The number of nitrogens with zero attached hydrogens (tertiary/aromatic N) is 2. The fourth-order valence-electron chi connectivity index (χ4n) is 1.79. The van der Waals surface area contributed by atoms with Crippen LogP contribution in [0.3, 0.4) is 0 Å². The van der Waals surface area contributed by atoms with E-state index in [1.54, 1.807) is 0 Å². The van der Waals surface area contributed by atoms with Gasteiger partial charge >= 0.3 is 0 Å². The Morgan fingerprint density at radius 3 is 2.94 bits per heavy atom. The first-order chi connectivity index (χ1) is 7.42. The van der Waals surface area contributed by atoms with Gasteiger partial charge in [-0.25, -0.2) is 0 Å². The molecule has 0 unspecified atom stereocenters. The molecule has 16 heavy (non-hydrogen) atoms. The second-order valence-electron chi connectivity index (χ2n) is 4.26. The highest BCUT2D eigenvalue weighted by atomic mass is 35.5. The Balaban J connectivity index is 0.000000963. The van der Waals surface area contributed by atoms with Gasteiger partial charge in [0.2, 0.25) is 0 Å². The van der Waals surface area contributed by atoms with Gasteiger partial charge < -0.3 is 14.6 Å². The maximum atomic E-state index is 5.54. The van der Waals surface area contributed by atoms with Crippen LogP contribution in [0.4, 0.5) is 0 Å². The van der Waals surface area contributed by atoms with E-state index in [1.165, 1.54) is 12.8 Å². The number of rotatable bonds is 3. The number of ether oxygens (including phenoxy) is 1. The number of hydrogen-bond donors (Lipinski definition) is 1. The number of nitrogens with one attached hydrogen (secondary N) is 1. The van der Waals surface area contributed by atoms with E-state index < -0.39 is 0 Å². The third-order valence-corrected chi connectivity index (χ3v) is 2.86. The molecule has 2 heterocycles. The Morgan fingerprint density at radius 1 is 1.38 bits per heavy atom. The molecule has 1 aliphatic carbocycles. The van der Waals surface area contributed by atoms with Crippen molar-refractivity contribution < 1.29 is 9.26 Å². The van der Waals surface area contributed by atoms with Crippen molar-refractivity contribution in [1.29, 1.82) is 0 Å². The first kappa shape index (κ1) is 11.8. The highest BCUT2D eigenvalue weighted by Gasteiger charge is 2.26. The van der Waals surface area contributed by atoms with E-state index in [-0.39, 0.29) is 18.5 Å². The molecule has 1 atom stereocenters. The average Bonchev–Trinajstić information content (AvgIpc) is 2.96. The van der Waals surface area contributed by atoms with E-state index in [0.29, 0.717) is 12.5 Å². The predicted molar refractivity (Wildman–Crippen MR) is 59.5 cm³/mol. The van der Waals surface area contributed by atoms with Gasteiger partial charge in [0.25, 0.3) is 5.89 Å². The van der Waals surface area contributed by atoms with Crippen LogP contribution in [0.15, 0.2) is 4.52 Å². The Hall–Kier alpha value is -0.650. The van der Waals surface area contributed by atoms with Crippen LogP contribution in [0, 0.1) is 5.92 Å². The molecule has 2 aliphatic rings. The minimum atomic E-state index is -0.0563. The maximum Gasteiger partial charge on any atom is 0.257 e. The maximum absolute atomic E-state index is 5.54. The normalized spacial score (nSPS) is 25.1. The standard InChI is InChI=1S/C10H15N3O2.ClH/c1-2-7(1)5-9-12-10(15-13-9)8-6-11-3-4-14-8;/h7-8,11H,1-6H2;1H/t8-;/m1./s1. The predicted octanol–water partition coefficient (Wildman–Crippen LogP) is 1.10. The first-order valence-corrected chi connectivity index (χ1v) is 5.56. The summed E-state index contributed by atoms with van der Waals surface area (Å²) in [7, 11) is 0. The lowest BCUT2D eigenvalue weighted by Gasteiger charge is -2.19. The fraction of sp³-hybridized carbons (Fsp3) is 0.800. The smallest absolute Gasteiger partial charge is 0.257 e. The van der Waals surface area contributed by atoms with Gasteiger partial charge in [-0.15, -0.1) is 12.4 Å². The molecule has 0 bridgehead atoms. The summed E-state index contributed by atoms with van der Waals surface area (Å²) >= 11 is 0. The number of hydrogen-bond acceptors (Lipinski definition) is 5. The highest BCUT2D eigenvalue weighted by molar-refractivity contribution is 5.85. The van der Waals surface area contributed by atoms with Crippen molar-refractivity contribution in [2.24, 2.45) is 5.92 Å². The molecule has 0 amide bonds.